The van der Waals surface area contributed by atoms with E-state index in [9.17, 15) is 0 Å². The molecule has 8 heteroatoms. The Labute approximate surface area is 187 Å². The highest BCUT2D eigenvalue weighted by Gasteiger charge is 2.31. The van der Waals surface area contributed by atoms with Crippen molar-refractivity contribution in [3.05, 3.63) is 11.6 Å². The summed E-state index contributed by atoms with van der Waals surface area (Å²) in [6.07, 6.45) is 5.67. The molecule has 0 bridgehead atoms. The van der Waals surface area contributed by atoms with E-state index in [1.165, 1.54) is 19.3 Å². The lowest BCUT2D eigenvalue weighted by molar-refractivity contribution is 0.265. The third-order valence-electron chi connectivity index (χ3n) is 5.83. The molecule has 3 rings (SSSR count). The maximum absolute atomic E-state index is 4.82. The smallest absolute Gasteiger partial charge is 0.191 e. The van der Waals surface area contributed by atoms with Gasteiger partial charge in [-0.3, -0.25) is 9.89 Å². The summed E-state index contributed by atoms with van der Waals surface area (Å²) in [5.74, 6) is 3.80. The topological polar surface area (TPSA) is 70.4 Å². The van der Waals surface area contributed by atoms with Gasteiger partial charge in [0.25, 0.3) is 0 Å². The number of nitrogens with one attached hydrogen (secondary N) is 2. The van der Waals surface area contributed by atoms with Crippen molar-refractivity contribution in [2.75, 3.05) is 26.2 Å². The Kier molecular flexibility index (Phi) is 9.46. The van der Waals surface area contributed by atoms with Crippen molar-refractivity contribution in [1.29, 1.82) is 0 Å². The van der Waals surface area contributed by atoms with Gasteiger partial charge in [0.1, 0.15) is 11.6 Å². The molecule has 0 amide bonds. The molecule has 2 aliphatic rings. The van der Waals surface area contributed by atoms with Crippen molar-refractivity contribution < 1.29 is 0 Å². The average molecular weight is 503 g/mol. The lowest BCUT2D eigenvalue weighted by Crippen LogP contribution is -2.47. The zero-order chi connectivity index (χ0) is 19.2. The standard InChI is InChI=1S/C20H37N7.HI/c1-5-21-20(23-17-14-26(15(2)3)13-16(17)4)22-11-10-19-25-24-18-9-7-6-8-12-27(18)19;/h15-17H,5-14H2,1-4H3,(H2,21,22,23);1H. The number of guanidine groups is 1. The normalized spacial score (nSPS) is 23.2. The van der Waals surface area contributed by atoms with Crippen molar-refractivity contribution in [3.8, 4) is 0 Å². The summed E-state index contributed by atoms with van der Waals surface area (Å²) in [7, 11) is 0. The van der Waals surface area contributed by atoms with Crippen LogP contribution >= 0.6 is 24.0 Å². The van der Waals surface area contributed by atoms with E-state index in [0.29, 0.717) is 18.0 Å². The molecule has 0 saturated carbocycles. The molecule has 2 atom stereocenters. The van der Waals surface area contributed by atoms with E-state index in [-0.39, 0.29) is 24.0 Å². The first-order chi connectivity index (χ1) is 13.1. The number of aryl methyl sites for hydroxylation is 1. The fourth-order valence-corrected chi connectivity index (χ4v) is 4.11. The number of hydrogen-bond acceptors (Lipinski definition) is 4. The van der Waals surface area contributed by atoms with Gasteiger partial charge in [-0.15, -0.1) is 34.2 Å². The number of aromatic nitrogens is 3. The fourth-order valence-electron chi connectivity index (χ4n) is 4.11. The van der Waals surface area contributed by atoms with Crippen molar-refractivity contribution in [2.45, 2.75) is 78.4 Å². The van der Waals surface area contributed by atoms with Gasteiger partial charge in [-0.05, 0) is 39.5 Å². The zero-order valence-corrected chi connectivity index (χ0v) is 20.3. The Bertz CT molecular complexity index is 628. The summed E-state index contributed by atoms with van der Waals surface area (Å²) in [4.78, 5) is 7.36. The number of hydrogen-bond donors (Lipinski definition) is 2. The second kappa shape index (κ2) is 11.3. The molecule has 160 valence electrons. The van der Waals surface area contributed by atoms with Gasteiger partial charge in [0.05, 0.1) is 0 Å². The van der Waals surface area contributed by atoms with Gasteiger partial charge in [0, 0.05) is 57.6 Å². The number of likely N-dealkylation sites (tertiary alicyclic amines) is 1. The number of nitrogens with zero attached hydrogens (tertiary/aromatic N) is 5. The molecule has 7 nitrogen and oxygen atoms in total. The highest BCUT2D eigenvalue weighted by atomic mass is 127. The fraction of sp³-hybridized carbons (Fsp3) is 0.850. The quantitative estimate of drug-likeness (QED) is 0.355. The SMILES string of the molecule is CCNC(=NCCc1nnc2n1CCCCC2)NC1CN(C(C)C)CC1C.I. The summed E-state index contributed by atoms with van der Waals surface area (Å²) in [5, 5.41) is 15.9. The Balaban J connectivity index is 0.00000280. The highest BCUT2D eigenvalue weighted by molar-refractivity contribution is 14.0. The molecule has 2 unspecified atom stereocenters. The van der Waals surface area contributed by atoms with Crippen LogP contribution in [0.3, 0.4) is 0 Å². The summed E-state index contributed by atoms with van der Waals surface area (Å²) < 4.78 is 2.32. The zero-order valence-electron chi connectivity index (χ0n) is 17.9. The van der Waals surface area contributed by atoms with E-state index >= 15 is 0 Å². The van der Waals surface area contributed by atoms with Crippen LogP contribution in [-0.4, -0.2) is 63.9 Å². The summed E-state index contributed by atoms with van der Waals surface area (Å²) in [5.41, 5.74) is 0. The number of halogens is 1. The Morgan fingerprint density at radius 1 is 1.21 bits per heavy atom. The first-order valence-electron chi connectivity index (χ1n) is 10.8. The molecule has 28 heavy (non-hydrogen) atoms. The summed E-state index contributed by atoms with van der Waals surface area (Å²) in [6.45, 7) is 13.9. The molecule has 1 saturated heterocycles. The molecule has 0 aliphatic carbocycles. The number of aliphatic imine (C=N–C) groups is 1. The van der Waals surface area contributed by atoms with Gasteiger partial charge in [-0.25, -0.2) is 0 Å². The van der Waals surface area contributed by atoms with Gasteiger partial charge in [0.2, 0.25) is 0 Å². The van der Waals surface area contributed by atoms with Crippen LogP contribution in [0.1, 0.15) is 58.6 Å². The van der Waals surface area contributed by atoms with Crippen LogP contribution in [0.2, 0.25) is 0 Å². The van der Waals surface area contributed by atoms with Crippen molar-refractivity contribution >= 4 is 29.9 Å². The van der Waals surface area contributed by atoms with E-state index in [4.69, 9.17) is 4.99 Å². The van der Waals surface area contributed by atoms with Crippen LogP contribution in [0.25, 0.3) is 0 Å². The Morgan fingerprint density at radius 2 is 2.04 bits per heavy atom. The molecule has 1 fully saturated rings. The first kappa shape index (κ1) is 23.4. The van der Waals surface area contributed by atoms with Crippen LogP contribution in [-0.2, 0) is 19.4 Å². The lowest BCUT2D eigenvalue weighted by atomic mass is 10.1. The van der Waals surface area contributed by atoms with E-state index < -0.39 is 0 Å². The van der Waals surface area contributed by atoms with Crippen molar-refractivity contribution in [1.82, 2.24) is 30.3 Å². The maximum Gasteiger partial charge on any atom is 0.191 e. The second-order valence-corrected chi connectivity index (χ2v) is 8.28. The molecule has 1 aromatic rings. The highest BCUT2D eigenvalue weighted by Crippen LogP contribution is 2.18. The van der Waals surface area contributed by atoms with Crippen LogP contribution in [0.4, 0.5) is 0 Å². The van der Waals surface area contributed by atoms with E-state index in [1.54, 1.807) is 0 Å². The van der Waals surface area contributed by atoms with E-state index in [2.05, 4.69) is 58.0 Å². The molecule has 2 N–H and O–H groups in total. The third kappa shape index (κ3) is 6.05. The molecule has 1 aromatic heterocycles. The lowest BCUT2D eigenvalue weighted by Gasteiger charge is -2.22. The van der Waals surface area contributed by atoms with Crippen LogP contribution < -0.4 is 10.6 Å². The third-order valence-corrected chi connectivity index (χ3v) is 5.83. The van der Waals surface area contributed by atoms with Crippen LogP contribution in [0.5, 0.6) is 0 Å². The Morgan fingerprint density at radius 3 is 2.75 bits per heavy atom. The minimum absolute atomic E-state index is 0. The minimum atomic E-state index is 0. The van der Waals surface area contributed by atoms with Crippen LogP contribution in [0, 0.1) is 5.92 Å². The predicted octanol–water partition coefficient (Wildman–Crippen LogP) is 2.45. The van der Waals surface area contributed by atoms with Gasteiger partial charge >= 0.3 is 0 Å². The van der Waals surface area contributed by atoms with Gasteiger partial charge in [-0.1, -0.05) is 13.3 Å². The van der Waals surface area contributed by atoms with Crippen molar-refractivity contribution in [3.63, 3.8) is 0 Å². The molecule has 0 radical (unpaired) electrons. The monoisotopic (exact) mass is 503 g/mol. The molecule has 0 aromatic carbocycles. The Hall–Kier alpha value is -0.900. The van der Waals surface area contributed by atoms with Gasteiger partial charge < -0.3 is 15.2 Å². The maximum atomic E-state index is 4.82. The largest absolute Gasteiger partial charge is 0.357 e. The first-order valence-corrected chi connectivity index (χ1v) is 10.8. The number of rotatable bonds is 6. The minimum Gasteiger partial charge on any atom is -0.357 e. The molecule has 2 aliphatic heterocycles. The van der Waals surface area contributed by atoms with E-state index in [1.807, 2.05) is 0 Å². The summed E-state index contributed by atoms with van der Waals surface area (Å²) >= 11 is 0. The molecular weight excluding hydrogens is 465 g/mol. The molecular formula is C20H38IN7. The van der Waals surface area contributed by atoms with Gasteiger partial charge in [-0.2, -0.15) is 0 Å². The summed E-state index contributed by atoms with van der Waals surface area (Å²) in [6, 6.07) is 1.05. The molecule has 3 heterocycles. The number of fused-ring (bicyclic) bond motifs is 1. The van der Waals surface area contributed by atoms with E-state index in [0.717, 1.165) is 63.2 Å². The van der Waals surface area contributed by atoms with Crippen LogP contribution in [0.15, 0.2) is 4.99 Å². The van der Waals surface area contributed by atoms with Gasteiger partial charge in [0.15, 0.2) is 5.96 Å². The predicted molar refractivity (Wildman–Crippen MR) is 125 cm³/mol. The second-order valence-electron chi connectivity index (χ2n) is 8.28. The average Bonchev–Trinajstić information content (AvgIpc) is 3.10. The molecule has 0 spiro atoms. The van der Waals surface area contributed by atoms with Crippen molar-refractivity contribution in [2.24, 2.45) is 10.9 Å².